The van der Waals surface area contributed by atoms with Gasteiger partial charge in [0.1, 0.15) is 12.4 Å². The Balaban J connectivity index is 1.33. The largest absolute Gasteiger partial charge is 0.489 e. The van der Waals surface area contributed by atoms with Crippen molar-refractivity contribution in [1.82, 2.24) is 9.80 Å². The van der Waals surface area contributed by atoms with E-state index in [0.29, 0.717) is 12.6 Å². The van der Waals surface area contributed by atoms with Crippen LogP contribution in [0.1, 0.15) is 17.5 Å². The summed E-state index contributed by atoms with van der Waals surface area (Å²) in [6, 6.07) is 28.3. The predicted molar refractivity (Wildman–Crippen MR) is 120 cm³/mol. The van der Waals surface area contributed by atoms with E-state index in [1.54, 1.807) is 0 Å². The quantitative estimate of drug-likeness (QED) is 0.564. The summed E-state index contributed by atoms with van der Waals surface area (Å²) >= 11 is 0. The summed E-state index contributed by atoms with van der Waals surface area (Å²) in [5.41, 5.74) is 5.03. The molecule has 1 atom stereocenters. The highest BCUT2D eigenvalue weighted by Crippen LogP contribution is 2.24. The van der Waals surface area contributed by atoms with E-state index < -0.39 is 0 Å². The maximum absolute atomic E-state index is 5.89. The number of hydrogen-bond donors (Lipinski definition) is 0. The molecule has 0 aliphatic carbocycles. The lowest BCUT2D eigenvalue weighted by molar-refractivity contribution is 0.264. The summed E-state index contributed by atoms with van der Waals surface area (Å²) < 4.78 is 5.89. The van der Waals surface area contributed by atoms with Crippen LogP contribution in [0.15, 0.2) is 78.9 Å². The van der Waals surface area contributed by atoms with Crippen LogP contribution in [-0.2, 0) is 13.2 Å². The Kier molecular flexibility index (Phi) is 6.28. The lowest BCUT2D eigenvalue weighted by Crippen LogP contribution is -2.31. The minimum Gasteiger partial charge on any atom is -0.489 e. The van der Waals surface area contributed by atoms with E-state index in [1.165, 1.54) is 41.8 Å². The van der Waals surface area contributed by atoms with Crippen molar-refractivity contribution < 1.29 is 4.74 Å². The average Bonchev–Trinajstić information content (AvgIpc) is 3.23. The van der Waals surface area contributed by atoms with Crippen molar-refractivity contribution in [3.63, 3.8) is 0 Å². The standard InChI is InChI=1S/C26H30N2O/c1-27(2)25-16-17-28(19-25)18-21-8-10-23(11-9-21)24-12-14-26(15-13-24)29-20-22-6-4-3-5-7-22/h3-15,25H,16-20H2,1-2H3. The fraction of sp³-hybridized carbons (Fsp3) is 0.308. The fourth-order valence-corrected chi connectivity index (χ4v) is 3.92. The zero-order chi connectivity index (χ0) is 20.1. The Bertz CT molecular complexity index is 888. The lowest BCUT2D eigenvalue weighted by atomic mass is 10.0. The van der Waals surface area contributed by atoms with Gasteiger partial charge in [0.15, 0.2) is 0 Å². The summed E-state index contributed by atoms with van der Waals surface area (Å²) in [6.45, 7) is 3.99. The van der Waals surface area contributed by atoms with Gasteiger partial charge in [-0.15, -0.1) is 0 Å². The Labute approximate surface area is 174 Å². The topological polar surface area (TPSA) is 15.7 Å². The van der Waals surface area contributed by atoms with E-state index in [0.717, 1.165) is 12.3 Å². The summed E-state index contributed by atoms with van der Waals surface area (Å²) in [6.07, 6.45) is 1.27. The second-order valence-corrected chi connectivity index (χ2v) is 8.14. The lowest BCUT2D eigenvalue weighted by Gasteiger charge is -2.20. The molecule has 3 aromatic rings. The number of likely N-dealkylation sites (tertiary alicyclic amines) is 1. The number of likely N-dealkylation sites (N-methyl/N-ethyl adjacent to an activating group) is 1. The minimum absolute atomic E-state index is 0.597. The molecule has 1 unspecified atom stereocenters. The van der Waals surface area contributed by atoms with E-state index in [2.05, 4.69) is 84.6 Å². The number of ether oxygens (including phenoxy) is 1. The molecule has 3 nitrogen and oxygen atoms in total. The van der Waals surface area contributed by atoms with Crippen molar-refractivity contribution in [3.05, 3.63) is 90.0 Å². The predicted octanol–water partition coefficient (Wildman–Crippen LogP) is 5.07. The highest BCUT2D eigenvalue weighted by atomic mass is 16.5. The van der Waals surface area contributed by atoms with Crippen LogP contribution in [0.25, 0.3) is 11.1 Å². The van der Waals surface area contributed by atoms with Crippen molar-refractivity contribution in [2.75, 3.05) is 27.2 Å². The maximum Gasteiger partial charge on any atom is 0.119 e. The molecule has 4 rings (SSSR count). The monoisotopic (exact) mass is 386 g/mol. The van der Waals surface area contributed by atoms with Crippen molar-refractivity contribution >= 4 is 0 Å². The Morgan fingerprint density at radius 2 is 1.48 bits per heavy atom. The van der Waals surface area contributed by atoms with Crippen molar-refractivity contribution in [1.29, 1.82) is 0 Å². The van der Waals surface area contributed by atoms with Crippen LogP contribution in [0, 0.1) is 0 Å². The Hall–Kier alpha value is -2.62. The molecule has 0 aromatic heterocycles. The first-order valence-corrected chi connectivity index (χ1v) is 10.4. The Morgan fingerprint density at radius 3 is 2.10 bits per heavy atom. The molecule has 1 saturated heterocycles. The average molecular weight is 387 g/mol. The third-order valence-corrected chi connectivity index (χ3v) is 5.77. The van der Waals surface area contributed by atoms with E-state index in [-0.39, 0.29) is 0 Å². The van der Waals surface area contributed by atoms with Crippen molar-refractivity contribution in [2.24, 2.45) is 0 Å². The van der Waals surface area contributed by atoms with Gasteiger partial charge in [-0.05, 0) is 54.9 Å². The van der Waals surface area contributed by atoms with Gasteiger partial charge in [0.2, 0.25) is 0 Å². The molecular formula is C26H30N2O. The molecule has 3 aromatic carbocycles. The van der Waals surface area contributed by atoms with E-state index >= 15 is 0 Å². The molecular weight excluding hydrogens is 356 g/mol. The number of hydrogen-bond acceptors (Lipinski definition) is 3. The SMILES string of the molecule is CN(C)C1CCN(Cc2ccc(-c3ccc(OCc4ccccc4)cc3)cc2)C1. The normalized spacial score (nSPS) is 17.0. The number of rotatable bonds is 7. The first kappa shape index (κ1) is 19.7. The highest BCUT2D eigenvalue weighted by Gasteiger charge is 2.23. The Morgan fingerprint density at radius 1 is 0.828 bits per heavy atom. The summed E-state index contributed by atoms with van der Waals surface area (Å²) in [7, 11) is 4.36. The highest BCUT2D eigenvalue weighted by molar-refractivity contribution is 5.64. The van der Waals surface area contributed by atoms with Crippen LogP contribution < -0.4 is 4.74 Å². The van der Waals surface area contributed by atoms with Crippen LogP contribution in [0.2, 0.25) is 0 Å². The van der Waals surface area contributed by atoms with Crippen LogP contribution in [0.4, 0.5) is 0 Å². The van der Waals surface area contributed by atoms with Crippen LogP contribution in [0.3, 0.4) is 0 Å². The molecule has 1 aliphatic heterocycles. The molecule has 3 heteroatoms. The molecule has 1 aliphatic rings. The summed E-state index contributed by atoms with van der Waals surface area (Å²) in [5, 5.41) is 0. The summed E-state index contributed by atoms with van der Waals surface area (Å²) in [5.74, 6) is 0.902. The number of nitrogens with zero attached hydrogens (tertiary/aromatic N) is 2. The van der Waals surface area contributed by atoms with Crippen LogP contribution in [0.5, 0.6) is 5.75 Å². The van der Waals surface area contributed by atoms with Gasteiger partial charge in [0, 0.05) is 25.7 Å². The third-order valence-electron chi connectivity index (χ3n) is 5.77. The molecule has 0 bridgehead atoms. The summed E-state index contributed by atoms with van der Waals surface area (Å²) in [4.78, 5) is 4.90. The van der Waals surface area contributed by atoms with Gasteiger partial charge in [0.25, 0.3) is 0 Å². The molecule has 0 saturated carbocycles. The van der Waals surface area contributed by atoms with Gasteiger partial charge in [-0.3, -0.25) is 4.90 Å². The van der Waals surface area contributed by atoms with Crippen molar-refractivity contribution in [3.8, 4) is 16.9 Å². The van der Waals surface area contributed by atoms with Crippen molar-refractivity contribution in [2.45, 2.75) is 25.6 Å². The second kappa shape index (κ2) is 9.25. The maximum atomic E-state index is 5.89. The van der Waals surface area contributed by atoms with Gasteiger partial charge >= 0.3 is 0 Å². The zero-order valence-electron chi connectivity index (χ0n) is 17.4. The molecule has 150 valence electrons. The first-order valence-electron chi connectivity index (χ1n) is 10.4. The van der Waals surface area contributed by atoms with E-state index in [9.17, 15) is 0 Å². The molecule has 1 fully saturated rings. The molecule has 0 N–H and O–H groups in total. The first-order chi connectivity index (χ1) is 14.2. The van der Waals surface area contributed by atoms with Gasteiger partial charge in [-0.25, -0.2) is 0 Å². The van der Waals surface area contributed by atoms with E-state index in [1.807, 2.05) is 18.2 Å². The minimum atomic E-state index is 0.597. The fourth-order valence-electron chi connectivity index (χ4n) is 3.92. The van der Waals surface area contributed by atoms with Gasteiger partial charge < -0.3 is 9.64 Å². The van der Waals surface area contributed by atoms with Crippen LogP contribution in [-0.4, -0.2) is 43.0 Å². The van der Waals surface area contributed by atoms with Gasteiger partial charge in [-0.1, -0.05) is 66.7 Å². The third kappa shape index (κ3) is 5.26. The smallest absolute Gasteiger partial charge is 0.119 e. The molecule has 29 heavy (non-hydrogen) atoms. The molecule has 0 radical (unpaired) electrons. The van der Waals surface area contributed by atoms with Gasteiger partial charge in [-0.2, -0.15) is 0 Å². The van der Waals surface area contributed by atoms with E-state index in [4.69, 9.17) is 4.74 Å². The van der Waals surface area contributed by atoms with Crippen LogP contribution >= 0.6 is 0 Å². The molecule has 0 amide bonds. The zero-order valence-corrected chi connectivity index (χ0v) is 17.4. The van der Waals surface area contributed by atoms with Gasteiger partial charge in [0.05, 0.1) is 0 Å². The molecule has 0 spiro atoms. The molecule has 1 heterocycles. The second-order valence-electron chi connectivity index (χ2n) is 8.14. The number of benzene rings is 3.